The van der Waals surface area contributed by atoms with Crippen molar-refractivity contribution in [2.24, 2.45) is 5.92 Å². The van der Waals surface area contributed by atoms with Gasteiger partial charge < -0.3 is 5.32 Å². The third kappa shape index (κ3) is 4.03. The summed E-state index contributed by atoms with van der Waals surface area (Å²) in [5.41, 5.74) is 5.54. The second-order valence-corrected chi connectivity index (χ2v) is 5.62. The number of benzene rings is 1. The lowest BCUT2D eigenvalue weighted by Gasteiger charge is -2.30. The molecule has 2 atom stereocenters. The summed E-state index contributed by atoms with van der Waals surface area (Å²) in [6, 6.07) is 3.68. The third-order valence-corrected chi connectivity index (χ3v) is 3.89. The number of anilines is 1. The molecule has 0 unspecified atom stereocenters. The van der Waals surface area contributed by atoms with E-state index in [0.29, 0.717) is 17.1 Å². The quantitative estimate of drug-likeness (QED) is 0.591. The molecule has 0 amide bonds. The lowest BCUT2D eigenvalue weighted by molar-refractivity contribution is 0.308. The molecule has 1 aliphatic carbocycles. The molecule has 1 aromatic rings. The molecule has 0 aliphatic heterocycles. The van der Waals surface area contributed by atoms with Gasteiger partial charge in [-0.25, -0.2) is 8.78 Å². The third-order valence-electron chi connectivity index (χ3n) is 3.67. The van der Waals surface area contributed by atoms with Gasteiger partial charge in [-0.1, -0.05) is 19.8 Å². The molecule has 20 heavy (non-hydrogen) atoms. The molecular weight excluding hydrogens is 280 g/mol. The van der Waals surface area contributed by atoms with E-state index in [1.54, 1.807) is 0 Å². The maximum Gasteiger partial charge on any atom is 0.185 e. The van der Waals surface area contributed by atoms with Crippen LogP contribution in [-0.4, -0.2) is 11.2 Å². The van der Waals surface area contributed by atoms with Gasteiger partial charge in [0.1, 0.15) is 5.82 Å². The standard InChI is InChI=1S/C14H19F2N3S/c1-9-4-2-3-5-12(9)17-14(20)19-18-13-7-6-10(15)8-11(13)16/h6-9,12,18H,2-5H2,1H3,(H2,17,19,20)/t9-,12+/m1/s1. The first-order chi connectivity index (χ1) is 9.56. The molecule has 0 radical (unpaired) electrons. The molecule has 3 nitrogen and oxygen atoms in total. The summed E-state index contributed by atoms with van der Waals surface area (Å²) in [6.07, 6.45) is 4.75. The lowest BCUT2D eigenvalue weighted by atomic mass is 9.86. The van der Waals surface area contributed by atoms with Gasteiger partial charge in [0.05, 0.1) is 5.69 Å². The summed E-state index contributed by atoms with van der Waals surface area (Å²) in [7, 11) is 0. The summed E-state index contributed by atoms with van der Waals surface area (Å²) < 4.78 is 26.2. The Morgan fingerprint density at radius 2 is 2.00 bits per heavy atom. The van der Waals surface area contributed by atoms with Crippen molar-refractivity contribution >= 4 is 23.0 Å². The van der Waals surface area contributed by atoms with Crippen LogP contribution in [0.2, 0.25) is 0 Å². The largest absolute Gasteiger partial charge is 0.358 e. The molecule has 2 rings (SSSR count). The van der Waals surface area contributed by atoms with Gasteiger partial charge in [-0.2, -0.15) is 0 Å². The maximum atomic E-state index is 13.4. The summed E-state index contributed by atoms with van der Waals surface area (Å²) >= 11 is 5.17. The predicted molar refractivity (Wildman–Crippen MR) is 80.3 cm³/mol. The van der Waals surface area contributed by atoms with E-state index in [-0.39, 0.29) is 5.69 Å². The van der Waals surface area contributed by atoms with Crippen molar-refractivity contribution in [2.45, 2.75) is 38.6 Å². The summed E-state index contributed by atoms with van der Waals surface area (Å²) in [6.45, 7) is 2.20. The van der Waals surface area contributed by atoms with Crippen molar-refractivity contribution in [3.63, 3.8) is 0 Å². The van der Waals surface area contributed by atoms with E-state index in [9.17, 15) is 8.78 Å². The Balaban J connectivity index is 1.82. The van der Waals surface area contributed by atoms with Crippen LogP contribution in [-0.2, 0) is 0 Å². The Bertz CT molecular complexity index is 481. The summed E-state index contributed by atoms with van der Waals surface area (Å²) in [5, 5.41) is 3.65. The molecule has 1 fully saturated rings. The van der Waals surface area contributed by atoms with Gasteiger partial charge in [-0.15, -0.1) is 0 Å². The SMILES string of the molecule is C[C@@H]1CCCC[C@@H]1NC(=S)NNc1ccc(F)cc1F. The average molecular weight is 299 g/mol. The average Bonchev–Trinajstić information content (AvgIpc) is 2.40. The molecule has 1 aromatic carbocycles. The van der Waals surface area contributed by atoms with Crippen LogP contribution >= 0.6 is 12.2 Å². The number of hydrazine groups is 1. The molecule has 1 aliphatic rings. The van der Waals surface area contributed by atoms with Gasteiger partial charge in [-0.3, -0.25) is 10.9 Å². The lowest BCUT2D eigenvalue weighted by Crippen LogP contribution is -2.47. The fourth-order valence-electron chi connectivity index (χ4n) is 2.45. The van der Waals surface area contributed by atoms with E-state index < -0.39 is 11.6 Å². The highest BCUT2D eigenvalue weighted by Crippen LogP contribution is 2.23. The normalized spacial score (nSPS) is 22.1. The molecule has 3 N–H and O–H groups in total. The Hall–Kier alpha value is -1.43. The highest BCUT2D eigenvalue weighted by molar-refractivity contribution is 7.80. The fraction of sp³-hybridized carbons (Fsp3) is 0.500. The van der Waals surface area contributed by atoms with Crippen molar-refractivity contribution in [1.82, 2.24) is 10.7 Å². The monoisotopic (exact) mass is 299 g/mol. The summed E-state index contributed by atoms with van der Waals surface area (Å²) in [4.78, 5) is 0. The molecule has 6 heteroatoms. The van der Waals surface area contributed by atoms with Gasteiger partial charge in [0.2, 0.25) is 0 Å². The first kappa shape index (κ1) is 15.0. The van der Waals surface area contributed by atoms with E-state index in [0.717, 1.165) is 12.5 Å². The van der Waals surface area contributed by atoms with Crippen molar-refractivity contribution < 1.29 is 8.78 Å². The van der Waals surface area contributed by atoms with Crippen LogP contribution in [0.1, 0.15) is 32.6 Å². The van der Waals surface area contributed by atoms with Crippen LogP contribution in [0.15, 0.2) is 18.2 Å². The van der Waals surface area contributed by atoms with Crippen LogP contribution in [0.5, 0.6) is 0 Å². The van der Waals surface area contributed by atoms with Crippen LogP contribution in [0, 0.1) is 17.6 Å². The van der Waals surface area contributed by atoms with Gasteiger partial charge in [0.15, 0.2) is 10.9 Å². The molecule has 0 saturated heterocycles. The number of hydrogen-bond donors (Lipinski definition) is 3. The fourth-order valence-corrected chi connectivity index (χ4v) is 2.65. The van der Waals surface area contributed by atoms with Crippen LogP contribution in [0.4, 0.5) is 14.5 Å². The molecule has 0 bridgehead atoms. The van der Waals surface area contributed by atoms with Crippen LogP contribution in [0.25, 0.3) is 0 Å². The van der Waals surface area contributed by atoms with Crippen molar-refractivity contribution in [3.8, 4) is 0 Å². The first-order valence-corrected chi connectivity index (χ1v) is 7.24. The first-order valence-electron chi connectivity index (χ1n) is 6.84. The molecule has 0 heterocycles. The van der Waals surface area contributed by atoms with Gasteiger partial charge in [-0.05, 0) is 43.1 Å². The molecular formula is C14H19F2N3S. The van der Waals surface area contributed by atoms with Gasteiger partial charge >= 0.3 is 0 Å². The molecule has 1 saturated carbocycles. The highest BCUT2D eigenvalue weighted by atomic mass is 32.1. The minimum Gasteiger partial charge on any atom is -0.358 e. The van der Waals surface area contributed by atoms with Gasteiger partial charge in [0, 0.05) is 12.1 Å². The van der Waals surface area contributed by atoms with Crippen LogP contribution in [0.3, 0.4) is 0 Å². The molecule has 110 valence electrons. The number of nitrogens with one attached hydrogen (secondary N) is 3. The van der Waals surface area contributed by atoms with Crippen molar-refractivity contribution in [2.75, 3.05) is 5.43 Å². The zero-order valence-corrected chi connectivity index (χ0v) is 12.2. The summed E-state index contributed by atoms with van der Waals surface area (Å²) in [5.74, 6) is -0.692. The number of thiocarbonyl (C=S) groups is 1. The number of rotatable bonds is 3. The molecule has 0 aromatic heterocycles. The minimum absolute atomic E-state index is 0.159. The zero-order valence-electron chi connectivity index (χ0n) is 11.4. The van der Waals surface area contributed by atoms with Gasteiger partial charge in [0.25, 0.3) is 0 Å². The second-order valence-electron chi connectivity index (χ2n) is 5.22. The predicted octanol–water partition coefficient (Wildman–Crippen LogP) is 3.33. The number of hydrogen-bond acceptors (Lipinski definition) is 2. The van der Waals surface area contributed by atoms with E-state index in [1.165, 1.54) is 31.4 Å². The van der Waals surface area contributed by atoms with E-state index >= 15 is 0 Å². The van der Waals surface area contributed by atoms with Crippen LogP contribution < -0.4 is 16.2 Å². The van der Waals surface area contributed by atoms with Crippen molar-refractivity contribution in [1.29, 1.82) is 0 Å². The smallest absolute Gasteiger partial charge is 0.185 e. The van der Waals surface area contributed by atoms with E-state index in [4.69, 9.17) is 12.2 Å². The Labute approximate surface area is 123 Å². The number of halogens is 2. The minimum atomic E-state index is -0.661. The Morgan fingerprint density at radius 1 is 1.25 bits per heavy atom. The Morgan fingerprint density at radius 3 is 2.70 bits per heavy atom. The van der Waals surface area contributed by atoms with E-state index in [1.807, 2.05) is 0 Å². The Kier molecular flexibility index (Phi) is 5.11. The topological polar surface area (TPSA) is 36.1 Å². The van der Waals surface area contributed by atoms with E-state index in [2.05, 4.69) is 23.1 Å². The highest BCUT2D eigenvalue weighted by Gasteiger charge is 2.21. The maximum absolute atomic E-state index is 13.4. The zero-order chi connectivity index (χ0) is 14.5. The van der Waals surface area contributed by atoms with Crippen molar-refractivity contribution in [3.05, 3.63) is 29.8 Å². The second kappa shape index (κ2) is 6.83. The molecule has 0 spiro atoms.